The van der Waals surface area contributed by atoms with E-state index in [2.05, 4.69) is 6.92 Å². The molecule has 2 fully saturated rings. The van der Waals surface area contributed by atoms with E-state index in [4.69, 9.17) is 11.6 Å². The van der Waals surface area contributed by atoms with E-state index in [0.717, 1.165) is 36.2 Å². The number of hydrogen-bond acceptors (Lipinski definition) is 0. The topological polar surface area (TPSA) is 0 Å². The van der Waals surface area contributed by atoms with Crippen LogP contribution in [-0.2, 0) is 0 Å². The lowest BCUT2D eigenvalue weighted by molar-refractivity contribution is 0.222. The van der Waals surface area contributed by atoms with Crippen molar-refractivity contribution >= 4 is 11.6 Å². The fourth-order valence-electron chi connectivity index (χ4n) is 6.78. The van der Waals surface area contributed by atoms with Gasteiger partial charge in [0.25, 0.3) is 0 Å². The van der Waals surface area contributed by atoms with E-state index < -0.39 is 5.82 Å². The van der Waals surface area contributed by atoms with Crippen LogP contribution in [0.2, 0.25) is 5.02 Å². The van der Waals surface area contributed by atoms with E-state index in [1.165, 1.54) is 102 Å². The molecule has 2 aromatic carbocycles. The molecule has 0 spiro atoms. The summed E-state index contributed by atoms with van der Waals surface area (Å²) in [6.07, 6.45) is 22.0. The zero-order chi connectivity index (χ0) is 25.3. The van der Waals surface area contributed by atoms with Gasteiger partial charge in [-0.1, -0.05) is 114 Å². The molecule has 0 heterocycles. The molecule has 0 atom stereocenters. The van der Waals surface area contributed by atoms with Crippen LogP contribution < -0.4 is 0 Å². The Hall–Kier alpha value is -1.41. The second-order valence-corrected chi connectivity index (χ2v) is 12.2. The number of unbranched alkanes of at least 4 members (excludes halogenated alkanes) is 4. The first-order valence-electron chi connectivity index (χ1n) is 14.8. The quantitative estimate of drug-likeness (QED) is 0.261. The van der Waals surface area contributed by atoms with Gasteiger partial charge in [-0.05, 0) is 78.7 Å². The molecular weight excluding hydrogens is 470 g/mol. The van der Waals surface area contributed by atoms with Gasteiger partial charge in [-0.15, -0.1) is 0 Å². The molecule has 0 saturated heterocycles. The summed E-state index contributed by atoms with van der Waals surface area (Å²) in [6.45, 7) is 2.29. The fraction of sp³-hybridized carbons (Fsp3) is 0.636. The normalized spacial score (nSPS) is 24.7. The maximum absolute atomic E-state index is 14.9. The molecule has 2 saturated carbocycles. The van der Waals surface area contributed by atoms with Gasteiger partial charge in [0.05, 0.1) is 5.02 Å². The largest absolute Gasteiger partial charge is 0.206 e. The van der Waals surface area contributed by atoms with Crippen molar-refractivity contribution in [1.29, 1.82) is 0 Å². The summed E-state index contributed by atoms with van der Waals surface area (Å²) in [6, 6.07) is 10.00. The van der Waals surface area contributed by atoms with E-state index in [1.54, 1.807) is 18.2 Å². The summed E-state index contributed by atoms with van der Waals surface area (Å²) < 4.78 is 28.7. The zero-order valence-electron chi connectivity index (χ0n) is 22.2. The van der Waals surface area contributed by atoms with Gasteiger partial charge in [-0.25, -0.2) is 8.78 Å². The molecule has 2 aliphatic rings. The van der Waals surface area contributed by atoms with Crippen LogP contribution >= 0.6 is 11.6 Å². The Bertz CT molecular complexity index is 939. The minimum Gasteiger partial charge on any atom is -0.206 e. The lowest BCUT2D eigenvalue weighted by atomic mass is 9.74. The van der Waals surface area contributed by atoms with E-state index in [1.807, 2.05) is 6.07 Å². The molecule has 36 heavy (non-hydrogen) atoms. The van der Waals surface area contributed by atoms with Crippen molar-refractivity contribution in [2.75, 3.05) is 0 Å². The standard InChI is InChI=1S/C33H45ClF2/c1-2-3-4-5-6-7-24-8-10-25(11-9-24)12-13-26-14-16-27(17-15-26)28-18-20-30(32(35)22-28)29-19-21-31(34)33(36)23-29/h18-27H,2-17H2,1H3. The molecule has 0 aliphatic heterocycles. The minimum atomic E-state index is -0.512. The molecule has 4 rings (SSSR count). The lowest BCUT2D eigenvalue weighted by Crippen LogP contribution is -2.18. The Kier molecular flexibility index (Phi) is 10.7. The monoisotopic (exact) mass is 514 g/mol. The third kappa shape index (κ3) is 7.80. The number of benzene rings is 2. The SMILES string of the molecule is CCCCCCCC1CCC(CCC2CCC(c3ccc(-c4ccc(Cl)c(F)c4)c(F)c3)CC2)CC1. The molecule has 0 unspecified atom stereocenters. The van der Waals surface area contributed by atoms with E-state index in [0.29, 0.717) is 17.0 Å². The highest BCUT2D eigenvalue weighted by Gasteiger charge is 2.26. The van der Waals surface area contributed by atoms with Crippen LogP contribution in [0.15, 0.2) is 36.4 Å². The van der Waals surface area contributed by atoms with Gasteiger partial charge >= 0.3 is 0 Å². The smallest absolute Gasteiger partial charge is 0.142 e. The van der Waals surface area contributed by atoms with Gasteiger partial charge in [-0.3, -0.25) is 0 Å². The molecule has 2 aliphatic carbocycles. The third-order valence-electron chi connectivity index (χ3n) is 9.21. The summed E-state index contributed by atoms with van der Waals surface area (Å²) in [7, 11) is 0. The molecule has 0 aromatic heterocycles. The Labute approximate surface area is 223 Å². The van der Waals surface area contributed by atoms with Crippen LogP contribution in [-0.4, -0.2) is 0 Å². The highest BCUT2D eigenvalue weighted by atomic mass is 35.5. The number of halogens is 3. The summed E-state index contributed by atoms with van der Waals surface area (Å²) in [5.41, 5.74) is 2.07. The maximum atomic E-state index is 14.9. The fourth-order valence-corrected chi connectivity index (χ4v) is 6.90. The van der Waals surface area contributed by atoms with E-state index >= 15 is 0 Å². The Morgan fingerprint density at radius 3 is 1.89 bits per heavy atom. The summed E-state index contributed by atoms with van der Waals surface area (Å²) in [5, 5.41) is 0.0633. The first kappa shape index (κ1) is 27.6. The van der Waals surface area contributed by atoms with Crippen molar-refractivity contribution in [3.05, 3.63) is 58.6 Å². The predicted molar refractivity (Wildman–Crippen MR) is 150 cm³/mol. The minimum absolute atomic E-state index is 0.0633. The number of rotatable bonds is 11. The van der Waals surface area contributed by atoms with Gasteiger partial charge in [0.15, 0.2) is 0 Å². The van der Waals surface area contributed by atoms with E-state index in [-0.39, 0.29) is 10.8 Å². The van der Waals surface area contributed by atoms with Gasteiger partial charge in [0, 0.05) is 5.56 Å². The van der Waals surface area contributed by atoms with Crippen molar-refractivity contribution in [3.63, 3.8) is 0 Å². The maximum Gasteiger partial charge on any atom is 0.142 e. The predicted octanol–water partition coefficient (Wildman–Crippen LogP) is 11.5. The Morgan fingerprint density at radius 1 is 0.667 bits per heavy atom. The average Bonchev–Trinajstić information content (AvgIpc) is 2.90. The molecule has 198 valence electrons. The van der Waals surface area contributed by atoms with Gasteiger partial charge in [0.1, 0.15) is 11.6 Å². The lowest BCUT2D eigenvalue weighted by Gasteiger charge is -2.32. The second kappa shape index (κ2) is 13.9. The van der Waals surface area contributed by atoms with E-state index in [9.17, 15) is 8.78 Å². The molecule has 0 N–H and O–H groups in total. The molecule has 3 heteroatoms. The van der Waals surface area contributed by atoms with Crippen molar-refractivity contribution < 1.29 is 8.78 Å². The molecule has 2 aromatic rings. The summed E-state index contributed by atoms with van der Waals surface area (Å²) in [4.78, 5) is 0. The molecule has 0 amide bonds. The van der Waals surface area contributed by atoms with Crippen LogP contribution in [0.4, 0.5) is 8.78 Å². The summed E-state index contributed by atoms with van der Waals surface area (Å²) in [5.74, 6) is 2.47. The Balaban J connectivity index is 1.16. The molecular formula is C33H45ClF2. The van der Waals surface area contributed by atoms with Crippen molar-refractivity contribution in [2.45, 2.75) is 116 Å². The van der Waals surface area contributed by atoms with Crippen molar-refractivity contribution in [3.8, 4) is 11.1 Å². The number of hydrogen-bond donors (Lipinski definition) is 0. The van der Waals surface area contributed by atoms with Crippen LogP contribution in [0.3, 0.4) is 0 Å². The van der Waals surface area contributed by atoms with Crippen molar-refractivity contribution in [1.82, 2.24) is 0 Å². The van der Waals surface area contributed by atoms with Crippen LogP contribution in [0.25, 0.3) is 11.1 Å². The van der Waals surface area contributed by atoms with Crippen LogP contribution in [0.5, 0.6) is 0 Å². The van der Waals surface area contributed by atoms with Gasteiger partial charge in [0.2, 0.25) is 0 Å². The van der Waals surface area contributed by atoms with Crippen LogP contribution in [0, 0.1) is 29.4 Å². The van der Waals surface area contributed by atoms with Gasteiger partial charge < -0.3 is 0 Å². The van der Waals surface area contributed by atoms with Gasteiger partial charge in [-0.2, -0.15) is 0 Å². The third-order valence-corrected chi connectivity index (χ3v) is 9.51. The highest BCUT2D eigenvalue weighted by molar-refractivity contribution is 6.30. The first-order chi connectivity index (χ1) is 17.5. The zero-order valence-corrected chi connectivity index (χ0v) is 23.0. The first-order valence-corrected chi connectivity index (χ1v) is 15.2. The molecule has 0 nitrogen and oxygen atoms in total. The molecule has 0 bridgehead atoms. The Morgan fingerprint density at radius 2 is 1.28 bits per heavy atom. The van der Waals surface area contributed by atoms with Crippen LogP contribution in [0.1, 0.15) is 121 Å². The molecule has 0 radical (unpaired) electrons. The summed E-state index contributed by atoms with van der Waals surface area (Å²) >= 11 is 5.78. The average molecular weight is 515 g/mol. The second-order valence-electron chi connectivity index (χ2n) is 11.8. The highest BCUT2D eigenvalue weighted by Crippen LogP contribution is 2.41. The van der Waals surface area contributed by atoms with Crippen molar-refractivity contribution in [2.24, 2.45) is 17.8 Å².